The predicted molar refractivity (Wildman–Crippen MR) is 79.8 cm³/mol. The number of carbonyl (C=O) groups is 1. The Morgan fingerprint density at radius 3 is 2.95 bits per heavy atom. The minimum atomic E-state index is -0.312. The second-order valence-corrected chi connectivity index (χ2v) is 6.17. The third-order valence-corrected chi connectivity index (χ3v) is 4.21. The molecule has 1 aliphatic rings. The number of nitrogens with zero attached hydrogens (tertiary/aromatic N) is 2. The zero-order valence-corrected chi connectivity index (χ0v) is 12.8. The molecule has 0 bridgehead atoms. The van der Waals surface area contributed by atoms with Crippen LogP contribution >= 0.6 is 15.9 Å². The maximum absolute atomic E-state index is 12.1. The number of fused-ring (bicyclic) bond motifs is 1. The van der Waals surface area contributed by atoms with Crippen molar-refractivity contribution in [2.75, 3.05) is 13.1 Å². The van der Waals surface area contributed by atoms with Gasteiger partial charge in [-0.05, 0) is 37.0 Å². The topological polar surface area (TPSA) is 58.2 Å². The zero-order chi connectivity index (χ0) is 14.1. The quantitative estimate of drug-likeness (QED) is 0.865. The van der Waals surface area contributed by atoms with Crippen LogP contribution in [-0.2, 0) is 0 Å². The SMILES string of the molecule is CC1CCN(C(=O)Oc2n[nH]c3cc(Br)ccc23)CC1. The second-order valence-electron chi connectivity index (χ2n) is 5.26. The fourth-order valence-electron chi connectivity index (χ4n) is 2.38. The molecule has 0 aliphatic carbocycles. The zero-order valence-electron chi connectivity index (χ0n) is 11.2. The van der Waals surface area contributed by atoms with Gasteiger partial charge in [-0.2, -0.15) is 0 Å². The molecule has 106 valence electrons. The number of halogens is 1. The van der Waals surface area contributed by atoms with E-state index in [1.165, 1.54) is 0 Å². The predicted octanol–water partition coefficient (Wildman–Crippen LogP) is 3.56. The molecular formula is C14H16BrN3O2. The van der Waals surface area contributed by atoms with Gasteiger partial charge in [0.05, 0.1) is 10.9 Å². The van der Waals surface area contributed by atoms with Crippen molar-refractivity contribution < 1.29 is 9.53 Å². The summed E-state index contributed by atoms with van der Waals surface area (Å²) in [6.07, 6.45) is 1.75. The maximum Gasteiger partial charge on any atom is 0.416 e. The van der Waals surface area contributed by atoms with E-state index in [1.54, 1.807) is 4.90 Å². The van der Waals surface area contributed by atoms with E-state index in [2.05, 4.69) is 33.1 Å². The van der Waals surface area contributed by atoms with Crippen molar-refractivity contribution in [3.8, 4) is 5.88 Å². The lowest BCUT2D eigenvalue weighted by atomic mass is 10.00. The minimum absolute atomic E-state index is 0.312. The van der Waals surface area contributed by atoms with Gasteiger partial charge in [-0.1, -0.05) is 22.9 Å². The Hall–Kier alpha value is -1.56. The third-order valence-electron chi connectivity index (χ3n) is 3.72. The van der Waals surface area contributed by atoms with E-state index in [-0.39, 0.29) is 6.09 Å². The third kappa shape index (κ3) is 2.65. The standard InChI is InChI=1S/C14H16BrN3O2/c1-9-4-6-18(7-5-9)14(19)20-13-11-3-2-10(15)8-12(11)16-17-13/h2-3,8-9H,4-7H2,1H3,(H,16,17). The molecule has 1 amide bonds. The highest BCUT2D eigenvalue weighted by molar-refractivity contribution is 9.10. The number of likely N-dealkylation sites (tertiary alicyclic amines) is 1. The number of H-pyrrole nitrogens is 1. The van der Waals surface area contributed by atoms with Crippen LogP contribution in [0.2, 0.25) is 0 Å². The average molecular weight is 338 g/mol. The highest BCUT2D eigenvalue weighted by Gasteiger charge is 2.23. The number of nitrogens with one attached hydrogen (secondary N) is 1. The number of aromatic nitrogens is 2. The molecule has 2 aromatic rings. The summed E-state index contributed by atoms with van der Waals surface area (Å²) in [5.74, 6) is 1.03. The minimum Gasteiger partial charge on any atom is -0.389 e. The van der Waals surface area contributed by atoms with Crippen LogP contribution in [0, 0.1) is 5.92 Å². The van der Waals surface area contributed by atoms with Gasteiger partial charge in [0.15, 0.2) is 0 Å². The first-order chi connectivity index (χ1) is 9.63. The number of carbonyl (C=O) groups excluding carboxylic acids is 1. The number of aromatic amines is 1. The summed E-state index contributed by atoms with van der Waals surface area (Å²) < 4.78 is 6.37. The van der Waals surface area contributed by atoms with Crippen LogP contribution in [0.3, 0.4) is 0 Å². The molecule has 0 radical (unpaired) electrons. The molecular weight excluding hydrogens is 322 g/mol. The summed E-state index contributed by atoms with van der Waals surface area (Å²) >= 11 is 3.40. The Labute approximate surface area is 125 Å². The molecule has 3 rings (SSSR count). The van der Waals surface area contributed by atoms with E-state index < -0.39 is 0 Å². The van der Waals surface area contributed by atoms with Gasteiger partial charge in [-0.3, -0.25) is 5.10 Å². The smallest absolute Gasteiger partial charge is 0.389 e. The maximum atomic E-state index is 12.1. The highest BCUT2D eigenvalue weighted by atomic mass is 79.9. The molecule has 0 spiro atoms. The number of hydrogen-bond acceptors (Lipinski definition) is 3. The molecule has 6 heteroatoms. The molecule has 5 nitrogen and oxygen atoms in total. The largest absolute Gasteiger partial charge is 0.416 e. The molecule has 1 saturated heterocycles. The fourth-order valence-corrected chi connectivity index (χ4v) is 2.74. The molecule has 1 N–H and O–H groups in total. The number of rotatable bonds is 1. The van der Waals surface area contributed by atoms with Gasteiger partial charge in [0.2, 0.25) is 0 Å². The van der Waals surface area contributed by atoms with Crippen LogP contribution in [0.25, 0.3) is 10.9 Å². The van der Waals surface area contributed by atoms with E-state index in [4.69, 9.17) is 4.74 Å². The van der Waals surface area contributed by atoms with Crippen molar-refractivity contribution >= 4 is 32.9 Å². The molecule has 0 atom stereocenters. The Bertz CT molecular complexity index is 632. The summed E-state index contributed by atoms with van der Waals surface area (Å²) in [6, 6.07) is 5.68. The van der Waals surface area contributed by atoms with Crippen LogP contribution < -0.4 is 4.74 Å². The van der Waals surface area contributed by atoms with Crippen LogP contribution in [0.5, 0.6) is 5.88 Å². The van der Waals surface area contributed by atoms with Crippen molar-refractivity contribution in [3.05, 3.63) is 22.7 Å². The fraction of sp³-hybridized carbons (Fsp3) is 0.429. The van der Waals surface area contributed by atoms with Crippen molar-refractivity contribution in [1.29, 1.82) is 0 Å². The Balaban J connectivity index is 1.74. The number of amides is 1. The van der Waals surface area contributed by atoms with E-state index in [9.17, 15) is 4.79 Å². The normalized spacial score (nSPS) is 16.6. The molecule has 2 heterocycles. The van der Waals surface area contributed by atoms with Crippen molar-refractivity contribution in [3.63, 3.8) is 0 Å². The first kappa shape index (κ1) is 13.4. The molecule has 20 heavy (non-hydrogen) atoms. The van der Waals surface area contributed by atoms with Crippen molar-refractivity contribution in [1.82, 2.24) is 15.1 Å². The van der Waals surface area contributed by atoms with E-state index in [0.717, 1.165) is 41.3 Å². The van der Waals surface area contributed by atoms with Crippen LogP contribution in [0.1, 0.15) is 19.8 Å². The molecule has 1 aliphatic heterocycles. The monoisotopic (exact) mass is 337 g/mol. The number of piperidine rings is 1. The highest BCUT2D eigenvalue weighted by Crippen LogP contribution is 2.26. The Morgan fingerprint density at radius 1 is 1.45 bits per heavy atom. The van der Waals surface area contributed by atoms with Gasteiger partial charge < -0.3 is 9.64 Å². The lowest BCUT2D eigenvalue weighted by molar-refractivity contribution is 0.132. The van der Waals surface area contributed by atoms with Crippen LogP contribution in [0.4, 0.5) is 4.79 Å². The van der Waals surface area contributed by atoms with Crippen molar-refractivity contribution in [2.45, 2.75) is 19.8 Å². The lowest BCUT2D eigenvalue weighted by Crippen LogP contribution is -2.39. The van der Waals surface area contributed by atoms with Gasteiger partial charge in [-0.15, -0.1) is 5.10 Å². The summed E-state index contributed by atoms with van der Waals surface area (Å²) in [5, 5.41) is 7.75. The second kappa shape index (κ2) is 5.44. The first-order valence-electron chi connectivity index (χ1n) is 6.74. The van der Waals surface area contributed by atoms with Gasteiger partial charge >= 0.3 is 6.09 Å². The number of benzene rings is 1. The molecule has 1 aromatic heterocycles. The van der Waals surface area contributed by atoms with Gasteiger partial charge in [0.25, 0.3) is 5.88 Å². The van der Waals surface area contributed by atoms with Crippen LogP contribution in [0.15, 0.2) is 22.7 Å². The van der Waals surface area contributed by atoms with E-state index >= 15 is 0 Å². The first-order valence-corrected chi connectivity index (χ1v) is 7.53. The Morgan fingerprint density at radius 2 is 2.20 bits per heavy atom. The van der Waals surface area contributed by atoms with Crippen LogP contribution in [-0.4, -0.2) is 34.3 Å². The van der Waals surface area contributed by atoms with Gasteiger partial charge in [0, 0.05) is 17.6 Å². The van der Waals surface area contributed by atoms with E-state index in [0.29, 0.717) is 11.8 Å². The molecule has 1 fully saturated rings. The summed E-state index contributed by atoms with van der Waals surface area (Å²) in [6.45, 7) is 3.73. The lowest BCUT2D eigenvalue weighted by Gasteiger charge is -2.28. The molecule has 0 saturated carbocycles. The summed E-state index contributed by atoms with van der Waals surface area (Å²) in [7, 11) is 0. The van der Waals surface area contributed by atoms with Crippen molar-refractivity contribution in [2.24, 2.45) is 5.92 Å². The number of hydrogen-bond donors (Lipinski definition) is 1. The van der Waals surface area contributed by atoms with Gasteiger partial charge in [-0.25, -0.2) is 4.79 Å². The molecule has 0 unspecified atom stereocenters. The summed E-state index contributed by atoms with van der Waals surface area (Å²) in [4.78, 5) is 13.9. The average Bonchev–Trinajstić information content (AvgIpc) is 2.81. The molecule has 1 aromatic carbocycles. The summed E-state index contributed by atoms with van der Waals surface area (Å²) in [5.41, 5.74) is 0.842. The Kier molecular flexibility index (Phi) is 3.65. The van der Waals surface area contributed by atoms with Gasteiger partial charge in [0.1, 0.15) is 0 Å². The van der Waals surface area contributed by atoms with E-state index in [1.807, 2.05) is 18.2 Å². The number of ether oxygens (including phenoxy) is 1.